The number of rotatable bonds is 9. The van der Waals surface area contributed by atoms with Crippen LogP contribution in [0.2, 0.25) is 0 Å². The molecule has 0 aliphatic heterocycles. The molecule has 0 atom stereocenters. The van der Waals surface area contributed by atoms with E-state index in [0.29, 0.717) is 6.04 Å². The van der Waals surface area contributed by atoms with Crippen LogP contribution in [0, 0.1) is 0 Å². The molecule has 2 aromatic rings. The molecular weight excluding hydrogens is 475 g/mol. The molecule has 0 aliphatic rings. The fourth-order valence-corrected chi connectivity index (χ4v) is 2.96. The second kappa shape index (κ2) is 13.4. The average molecular weight is 510 g/mol. The molecule has 0 saturated carbocycles. The van der Waals surface area contributed by atoms with Crippen molar-refractivity contribution in [2.75, 3.05) is 27.7 Å². The van der Waals surface area contributed by atoms with E-state index < -0.39 is 0 Å². The van der Waals surface area contributed by atoms with Gasteiger partial charge in [-0.2, -0.15) is 0 Å². The first-order chi connectivity index (χ1) is 13.5. The van der Waals surface area contributed by atoms with Gasteiger partial charge >= 0.3 is 0 Å². The number of methoxy groups -OCH3 is 1. The highest BCUT2D eigenvalue weighted by molar-refractivity contribution is 14.0. The Morgan fingerprint density at radius 2 is 1.62 bits per heavy atom. The molecule has 0 aliphatic carbocycles. The van der Waals surface area contributed by atoms with Gasteiger partial charge in [0.2, 0.25) is 0 Å². The third kappa shape index (κ3) is 8.22. The Hall–Kier alpha value is -1.80. The van der Waals surface area contributed by atoms with Gasteiger partial charge in [-0.15, -0.1) is 24.0 Å². The molecule has 0 bridgehead atoms. The fraction of sp³-hybridized carbons (Fsp3) is 0.435. The Morgan fingerprint density at radius 3 is 2.24 bits per heavy atom. The molecule has 0 radical (unpaired) electrons. The van der Waals surface area contributed by atoms with Crippen molar-refractivity contribution in [3.05, 3.63) is 65.2 Å². The molecule has 0 amide bonds. The van der Waals surface area contributed by atoms with E-state index in [2.05, 4.69) is 71.8 Å². The van der Waals surface area contributed by atoms with E-state index >= 15 is 0 Å². The summed E-state index contributed by atoms with van der Waals surface area (Å²) in [5.41, 5.74) is 3.83. The predicted octanol–water partition coefficient (Wildman–Crippen LogP) is 4.06. The molecule has 29 heavy (non-hydrogen) atoms. The molecule has 2 aromatic carbocycles. The van der Waals surface area contributed by atoms with Crippen LogP contribution in [0.3, 0.4) is 0 Å². The maximum Gasteiger partial charge on any atom is 0.191 e. The number of nitrogens with zero attached hydrogens (tertiary/aromatic N) is 2. The maximum absolute atomic E-state index is 5.42. The second-order valence-electron chi connectivity index (χ2n) is 7.19. The minimum Gasteiger partial charge on any atom is -0.496 e. The molecule has 0 saturated heterocycles. The molecule has 5 nitrogen and oxygen atoms in total. The van der Waals surface area contributed by atoms with Gasteiger partial charge in [0.1, 0.15) is 5.75 Å². The average Bonchev–Trinajstić information content (AvgIpc) is 2.71. The van der Waals surface area contributed by atoms with Crippen LogP contribution in [0.5, 0.6) is 5.75 Å². The van der Waals surface area contributed by atoms with Crippen LogP contribution in [0.4, 0.5) is 0 Å². The summed E-state index contributed by atoms with van der Waals surface area (Å²) in [7, 11) is 5.67. The summed E-state index contributed by atoms with van der Waals surface area (Å²) in [6.45, 7) is 6.91. The van der Waals surface area contributed by atoms with Gasteiger partial charge in [0.25, 0.3) is 0 Å². The van der Waals surface area contributed by atoms with E-state index in [-0.39, 0.29) is 24.0 Å². The van der Waals surface area contributed by atoms with Gasteiger partial charge in [-0.1, -0.05) is 42.5 Å². The molecule has 0 spiro atoms. The number of para-hydroxylation sites is 1. The molecule has 0 fully saturated rings. The summed E-state index contributed by atoms with van der Waals surface area (Å²) in [6.07, 6.45) is 0.875. The van der Waals surface area contributed by atoms with Crippen molar-refractivity contribution in [3.63, 3.8) is 0 Å². The first-order valence-electron chi connectivity index (χ1n) is 9.88. The summed E-state index contributed by atoms with van der Waals surface area (Å²) in [6, 6.07) is 17.2. The van der Waals surface area contributed by atoms with E-state index in [1.54, 1.807) is 14.2 Å². The number of halogens is 1. The molecule has 0 aromatic heterocycles. The van der Waals surface area contributed by atoms with Gasteiger partial charge in [0.05, 0.1) is 7.11 Å². The van der Waals surface area contributed by atoms with Gasteiger partial charge in [0.15, 0.2) is 5.96 Å². The van der Waals surface area contributed by atoms with Crippen molar-refractivity contribution in [2.24, 2.45) is 4.99 Å². The molecule has 0 unspecified atom stereocenters. The van der Waals surface area contributed by atoms with E-state index in [4.69, 9.17) is 4.74 Å². The van der Waals surface area contributed by atoms with E-state index in [0.717, 1.165) is 37.8 Å². The lowest BCUT2D eigenvalue weighted by Gasteiger charge is -2.23. The van der Waals surface area contributed by atoms with Gasteiger partial charge in [-0.3, -0.25) is 9.89 Å². The number of nitrogens with one attached hydrogen (secondary N) is 2. The zero-order chi connectivity index (χ0) is 20.4. The Labute approximate surface area is 193 Å². The molecule has 2 rings (SSSR count). The number of benzene rings is 2. The van der Waals surface area contributed by atoms with E-state index in [1.807, 2.05) is 18.2 Å². The standard InChI is InChI=1S/C23H34N4O.HI/c1-18(2)27(4)17-21-12-7-6-11-20(21)16-26-23(24-3)25-15-14-19-10-8-9-13-22(19)28-5;/h6-13,18H,14-17H2,1-5H3,(H2,24,25,26);1H. The molecular formula is C23H35IN4O. The van der Waals surface area contributed by atoms with Crippen molar-refractivity contribution >= 4 is 29.9 Å². The minimum atomic E-state index is 0. The zero-order valence-corrected chi connectivity index (χ0v) is 20.6. The summed E-state index contributed by atoms with van der Waals surface area (Å²) >= 11 is 0. The van der Waals surface area contributed by atoms with Crippen LogP contribution in [-0.2, 0) is 19.5 Å². The summed E-state index contributed by atoms with van der Waals surface area (Å²) in [4.78, 5) is 6.69. The quantitative estimate of drug-likeness (QED) is 0.304. The Kier molecular flexibility index (Phi) is 11.7. The van der Waals surface area contributed by atoms with Gasteiger partial charge in [-0.25, -0.2) is 0 Å². The normalized spacial score (nSPS) is 11.3. The topological polar surface area (TPSA) is 48.9 Å². The number of ether oxygens (including phenoxy) is 1. The highest BCUT2D eigenvalue weighted by Crippen LogP contribution is 2.17. The third-order valence-corrected chi connectivity index (χ3v) is 4.97. The van der Waals surface area contributed by atoms with Crippen LogP contribution in [0.1, 0.15) is 30.5 Å². The SMILES string of the molecule is CN=C(NCCc1ccccc1OC)NCc1ccccc1CN(C)C(C)C.I. The lowest BCUT2D eigenvalue weighted by atomic mass is 10.1. The number of aliphatic imine (C=N–C) groups is 1. The third-order valence-electron chi connectivity index (χ3n) is 4.97. The lowest BCUT2D eigenvalue weighted by molar-refractivity contribution is 0.265. The summed E-state index contributed by atoms with van der Waals surface area (Å²) in [5.74, 6) is 1.73. The largest absolute Gasteiger partial charge is 0.496 e. The Balaban J connectivity index is 0.00000420. The summed E-state index contributed by atoms with van der Waals surface area (Å²) in [5, 5.41) is 6.82. The van der Waals surface area contributed by atoms with Crippen molar-refractivity contribution in [1.29, 1.82) is 0 Å². The van der Waals surface area contributed by atoms with Crippen molar-refractivity contribution < 1.29 is 4.74 Å². The van der Waals surface area contributed by atoms with Gasteiger partial charge < -0.3 is 15.4 Å². The van der Waals surface area contributed by atoms with Crippen LogP contribution in [0.25, 0.3) is 0 Å². The molecule has 0 heterocycles. The smallest absolute Gasteiger partial charge is 0.191 e. The van der Waals surface area contributed by atoms with Crippen LogP contribution < -0.4 is 15.4 Å². The maximum atomic E-state index is 5.42. The zero-order valence-electron chi connectivity index (χ0n) is 18.2. The Bertz CT molecular complexity index is 764. The Morgan fingerprint density at radius 1 is 1.00 bits per heavy atom. The highest BCUT2D eigenvalue weighted by atomic mass is 127. The van der Waals surface area contributed by atoms with Crippen molar-refractivity contribution in [3.8, 4) is 5.75 Å². The fourth-order valence-electron chi connectivity index (χ4n) is 2.96. The predicted molar refractivity (Wildman–Crippen MR) is 133 cm³/mol. The first kappa shape index (κ1) is 25.2. The molecule has 6 heteroatoms. The number of guanidine groups is 1. The number of hydrogen-bond donors (Lipinski definition) is 2. The van der Waals surface area contributed by atoms with Gasteiger partial charge in [-0.05, 0) is 50.1 Å². The summed E-state index contributed by atoms with van der Waals surface area (Å²) < 4.78 is 5.42. The van der Waals surface area contributed by atoms with Crippen LogP contribution in [0.15, 0.2) is 53.5 Å². The minimum absolute atomic E-state index is 0. The van der Waals surface area contributed by atoms with E-state index in [9.17, 15) is 0 Å². The molecule has 160 valence electrons. The molecule has 2 N–H and O–H groups in total. The highest BCUT2D eigenvalue weighted by Gasteiger charge is 2.09. The van der Waals surface area contributed by atoms with Crippen LogP contribution >= 0.6 is 24.0 Å². The van der Waals surface area contributed by atoms with Crippen LogP contribution in [-0.4, -0.2) is 44.7 Å². The van der Waals surface area contributed by atoms with Gasteiger partial charge in [0, 0.05) is 32.7 Å². The van der Waals surface area contributed by atoms with E-state index in [1.165, 1.54) is 16.7 Å². The van der Waals surface area contributed by atoms with Crippen molar-refractivity contribution in [1.82, 2.24) is 15.5 Å². The second-order valence-corrected chi connectivity index (χ2v) is 7.19. The number of hydrogen-bond acceptors (Lipinski definition) is 3. The van der Waals surface area contributed by atoms with Crippen molar-refractivity contribution in [2.45, 2.75) is 39.4 Å². The first-order valence-corrected chi connectivity index (χ1v) is 9.88. The monoisotopic (exact) mass is 510 g/mol. The lowest BCUT2D eigenvalue weighted by Crippen LogP contribution is -2.38.